The lowest BCUT2D eigenvalue weighted by Crippen LogP contribution is -1.97. The molecule has 2 aromatic heterocycles. The second-order valence-corrected chi connectivity index (χ2v) is 4.93. The molecule has 1 aromatic carbocycles. The van der Waals surface area contributed by atoms with E-state index >= 15 is 0 Å². The van der Waals surface area contributed by atoms with E-state index in [1.165, 1.54) is 16.6 Å². The van der Waals surface area contributed by atoms with Gasteiger partial charge in [-0.15, -0.1) is 0 Å². The van der Waals surface area contributed by atoms with E-state index in [9.17, 15) is 0 Å². The Hall–Kier alpha value is -2.61. The van der Waals surface area contributed by atoms with Crippen molar-refractivity contribution >= 4 is 17.1 Å². The standard InChI is InChI=1S/C19H18N2/c1-3-4-6-12-17-15(2)21(16-10-7-5-8-11-16)19-18(17)13-9-14-20-19/h3-14H,1-2H3/b4-3+,12-6-. The number of fused-ring (bicyclic) bond motifs is 1. The van der Waals surface area contributed by atoms with Gasteiger partial charge in [0.2, 0.25) is 0 Å². The molecule has 0 spiro atoms. The molecule has 0 atom stereocenters. The Morgan fingerprint density at radius 3 is 2.57 bits per heavy atom. The van der Waals surface area contributed by atoms with Gasteiger partial charge < -0.3 is 0 Å². The average Bonchev–Trinajstić information content (AvgIpc) is 2.81. The molecule has 104 valence electrons. The molecule has 0 saturated heterocycles. The molecule has 2 nitrogen and oxygen atoms in total. The molecule has 3 rings (SSSR count). The molecule has 0 unspecified atom stereocenters. The van der Waals surface area contributed by atoms with Crippen LogP contribution in [0.5, 0.6) is 0 Å². The molecule has 21 heavy (non-hydrogen) atoms. The first-order valence-electron chi connectivity index (χ1n) is 7.13. The number of nitrogens with zero attached hydrogens (tertiary/aromatic N) is 2. The van der Waals surface area contributed by atoms with Gasteiger partial charge in [0, 0.05) is 28.5 Å². The van der Waals surface area contributed by atoms with Crippen LogP contribution in [0.1, 0.15) is 18.2 Å². The van der Waals surface area contributed by atoms with E-state index in [-0.39, 0.29) is 0 Å². The number of pyridine rings is 1. The van der Waals surface area contributed by atoms with Crippen LogP contribution in [-0.2, 0) is 0 Å². The zero-order chi connectivity index (χ0) is 14.7. The zero-order valence-electron chi connectivity index (χ0n) is 12.3. The van der Waals surface area contributed by atoms with Crippen molar-refractivity contribution in [1.29, 1.82) is 0 Å². The van der Waals surface area contributed by atoms with Crippen LogP contribution in [0.2, 0.25) is 0 Å². The van der Waals surface area contributed by atoms with Crippen molar-refractivity contribution in [2.24, 2.45) is 0 Å². The smallest absolute Gasteiger partial charge is 0.145 e. The van der Waals surface area contributed by atoms with Crippen LogP contribution in [0.3, 0.4) is 0 Å². The van der Waals surface area contributed by atoms with Gasteiger partial charge in [0.25, 0.3) is 0 Å². The van der Waals surface area contributed by atoms with Crippen molar-refractivity contribution in [1.82, 2.24) is 9.55 Å². The van der Waals surface area contributed by atoms with Gasteiger partial charge in [0.05, 0.1) is 0 Å². The predicted octanol–water partition coefficient (Wildman–Crippen LogP) is 4.92. The largest absolute Gasteiger partial charge is 0.298 e. The lowest BCUT2D eigenvalue weighted by molar-refractivity contribution is 1.03. The maximum absolute atomic E-state index is 4.58. The molecule has 0 N–H and O–H groups in total. The van der Waals surface area contributed by atoms with Crippen LogP contribution in [0, 0.1) is 6.92 Å². The Balaban J connectivity index is 2.28. The third kappa shape index (κ3) is 2.40. The molecule has 2 heteroatoms. The third-order valence-electron chi connectivity index (χ3n) is 3.59. The summed E-state index contributed by atoms with van der Waals surface area (Å²) in [5.41, 5.74) is 4.57. The molecule has 3 aromatic rings. The number of hydrogen-bond donors (Lipinski definition) is 0. The van der Waals surface area contributed by atoms with E-state index in [1.807, 2.05) is 37.4 Å². The van der Waals surface area contributed by atoms with Crippen LogP contribution >= 0.6 is 0 Å². The summed E-state index contributed by atoms with van der Waals surface area (Å²) < 4.78 is 2.21. The summed E-state index contributed by atoms with van der Waals surface area (Å²) in [7, 11) is 0. The van der Waals surface area contributed by atoms with Gasteiger partial charge in [-0.3, -0.25) is 4.57 Å². The van der Waals surface area contributed by atoms with E-state index in [0.717, 1.165) is 11.3 Å². The minimum atomic E-state index is 1.00. The lowest BCUT2D eigenvalue weighted by Gasteiger charge is -2.07. The van der Waals surface area contributed by atoms with Crippen LogP contribution < -0.4 is 0 Å². The molecule has 0 aliphatic heterocycles. The number of benzene rings is 1. The van der Waals surface area contributed by atoms with Gasteiger partial charge in [-0.05, 0) is 38.1 Å². The summed E-state index contributed by atoms with van der Waals surface area (Å²) in [6.07, 6.45) is 10.1. The van der Waals surface area contributed by atoms with Crippen LogP contribution in [0.4, 0.5) is 0 Å². The first-order chi connectivity index (χ1) is 10.3. The third-order valence-corrected chi connectivity index (χ3v) is 3.59. The highest BCUT2D eigenvalue weighted by Crippen LogP contribution is 2.28. The topological polar surface area (TPSA) is 17.8 Å². The normalized spacial score (nSPS) is 11.9. The summed E-state index contributed by atoms with van der Waals surface area (Å²) >= 11 is 0. The highest BCUT2D eigenvalue weighted by atomic mass is 15.0. The Morgan fingerprint density at radius 1 is 1.00 bits per heavy atom. The summed E-state index contributed by atoms with van der Waals surface area (Å²) in [6, 6.07) is 14.5. The minimum absolute atomic E-state index is 1.00. The first-order valence-corrected chi connectivity index (χ1v) is 7.13. The van der Waals surface area contributed by atoms with Gasteiger partial charge in [-0.25, -0.2) is 4.98 Å². The summed E-state index contributed by atoms with van der Waals surface area (Å²) in [6.45, 7) is 4.16. The fourth-order valence-corrected chi connectivity index (χ4v) is 2.63. The number of aromatic nitrogens is 2. The Morgan fingerprint density at radius 2 is 1.81 bits per heavy atom. The lowest BCUT2D eigenvalue weighted by atomic mass is 10.1. The highest BCUT2D eigenvalue weighted by molar-refractivity contribution is 5.90. The van der Waals surface area contributed by atoms with Crippen molar-refractivity contribution in [3.8, 4) is 5.69 Å². The molecule has 0 aliphatic rings. The second-order valence-electron chi connectivity index (χ2n) is 4.93. The predicted molar refractivity (Wildman–Crippen MR) is 89.7 cm³/mol. The Labute approximate surface area is 125 Å². The first kappa shape index (κ1) is 13.4. The van der Waals surface area contributed by atoms with E-state index < -0.39 is 0 Å². The highest BCUT2D eigenvalue weighted by Gasteiger charge is 2.13. The summed E-state index contributed by atoms with van der Waals surface area (Å²) in [5, 5.41) is 1.18. The maximum Gasteiger partial charge on any atom is 0.145 e. The fourth-order valence-electron chi connectivity index (χ4n) is 2.63. The van der Waals surface area contributed by atoms with E-state index in [1.54, 1.807) is 0 Å². The summed E-state index contributed by atoms with van der Waals surface area (Å²) in [5.74, 6) is 0. The van der Waals surface area contributed by atoms with Gasteiger partial charge in [-0.1, -0.05) is 42.5 Å². The molecule has 0 fully saturated rings. The van der Waals surface area contributed by atoms with Crippen LogP contribution in [0.25, 0.3) is 22.8 Å². The van der Waals surface area contributed by atoms with E-state index in [2.05, 4.69) is 59.0 Å². The average molecular weight is 274 g/mol. The number of hydrogen-bond acceptors (Lipinski definition) is 1. The molecule has 0 amide bonds. The minimum Gasteiger partial charge on any atom is -0.298 e. The van der Waals surface area contributed by atoms with Crippen molar-refractivity contribution in [3.63, 3.8) is 0 Å². The second kappa shape index (κ2) is 5.80. The molecule has 2 heterocycles. The maximum atomic E-state index is 4.58. The van der Waals surface area contributed by atoms with Crippen molar-refractivity contribution in [2.45, 2.75) is 13.8 Å². The Bertz CT molecular complexity index is 808. The molecular formula is C19H18N2. The number of para-hydroxylation sites is 1. The van der Waals surface area contributed by atoms with Gasteiger partial charge >= 0.3 is 0 Å². The molecular weight excluding hydrogens is 256 g/mol. The van der Waals surface area contributed by atoms with Crippen LogP contribution in [0.15, 0.2) is 66.9 Å². The quantitative estimate of drug-likeness (QED) is 0.620. The molecule has 0 aliphatic carbocycles. The Kier molecular flexibility index (Phi) is 3.69. The molecule has 0 bridgehead atoms. The van der Waals surface area contributed by atoms with Crippen molar-refractivity contribution < 1.29 is 0 Å². The van der Waals surface area contributed by atoms with Crippen LogP contribution in [-0.4, -0.2) is 9.55 Å². The zero-order valence-corrected chi connectivity index (χ0v) is 12.3. The van der Waals surface area contributed by atoms with Crippen molar-refractivity contribution in [2.75, 3.05) is 0 Å². The number of allylic oxidation sites excluding steroid dienone is 3. The van der Waals surface area contributed by atoms with E-state index in [4.69, 9.17) is 0 Å². The monoisotopic (exact) mass is 274 g/mol. The van der Waals surface area contributed by atoms with Gasteiger partial charge in [-0.2, -0.15) is 0 Å². The molecule has 0 saturated carbocycles. The SMILES string of the molecule is C/C=C/C=C\c1c(C)n(-c2ccccc2)c2ncccc12. The van der Waals surface area contributed by atoms with Gasteiger partial charge in [0.15, 0.2) is 0 Å². The van der Waals surface area contributed by atoms with Crippen molar-refractivity contribution in [3.05, 3.63) is 78.1 Å². The number of rotatable bonds is 3. The summed E-state index contributed by atoms with van der Waals surface area (Å²) in [4.78, 5) is 4.58. The molecule has 0 radical (unpaired) electrons. The van der Waals surface area contributed by atoms with Gasteiger partial charge in [0.1, 0.15) is 5.65 Å². The van der Waals surface area contributed by atoms with E-state index in [0.29, 0.717) is 0 Å². The fraction of sp³-hybridized carbons (Fsp3) is 0.105.